The lowest BCUT2D eigenvalue weighted by Crippen LogP contribution is -2.48. The van der Waals surface area contributed by atoms with Crippen LogP contribution in [-0.2, 0) is 4.79 Å². The number of nitrogens with one attached hydrogen (secondary N) is 1. The highest BCUT2D eigenvalue weighted by atomic mass is 35.5. The SMILES string of the molecule is O=C(/C=C/c1ccccc1Cl)NCCN1CCN(c2ccc(Cl)cc2)CC1. The molecule has 0 aromatic heterocycles. The lowest BCUT2D eigenvalue weighted by molar-refractivity contribution is -0.116. The molecule has 1 saturated heterocycles. The van der Waals surface area contributed by atoms with Crippen LogP contribution in [0.1, 0.15) is 5.56 Å². The average Bonchev–Trinajstić information content (AvgIpc) is 2.69. The third kappa shape index (κ3) is 5.99. The smallest absolute Gasteiger partial charge is 0.244 e. The second-order valence-corrected chi connectivity index (χ2v) is 7.29. The standard InChI is InChI=1S/C21H23Cl2N3O/c22-18-6-8-19(9-7-18)26-15-13-25(14-16-26)12-11-24-21(27)10-5-17-3-1-2-4-20(17)23/h1-10H,11-16H2,(H,24,27)/b10-5+. The van der Waals surface area contributed by atoms with Crippen LogP contribution in [0.5, 0.6) is 0 Å². The van der Waals surface area contributed by atoms with Crippen LogP contribution in [-0.4, -0.2) is 50.1 Å². The van der Waals surface area contributed by atoms with Crippen molar-refractivity contribution >= 4 is 40.9 Å². The van der Waals surface area contributed by atoms with Gasteiger partial charge in [-0.3, -0.25) is 9.69 Å². The monoisotopic (exact) mass is 403 g/mol. The lowest BCUT2D eigenvalue weighted by Gasteiger charge is -2.36. The topological polar surface area (TPSA) is 35.6 Å². The number of hydrogen-bond donors (Lipinski definition) is 1. The Hall–Kier alpha value is -2.01. The predicted molar refractivity (Wildman–Crippen MR) is 114 cm³/mol. The van der Waals surface area contributed by atoms with E-state index in [1.165, 1.54) is 11.8 Å². The Bertz CT molecular complexity index is 784. The Balaban J connectivity index is 1.37. The molecule has 1 fully saturated rings. The summed E-state index contributed by atoms with van der Waals surface area (Å²) in [6.07, 6.45) is 3.27. The first-order valence-electron chi connectivity index (χ1n) is 9.05. The summed E-state index contributed by atoms with van der Waals surface area (Å²) in [5.41, 5.74) is 2.05. The summed E-state index contributed by atoms with van der Waals surface area (Å²) >= 11 is 12.0. The van der Waals surface area contributed by atoms with E-state index in [0.29, 0.717) is 11.6 Å². The van der Waals surface area contributed by atoms with Crippen molar-refractivity contribution in [3.05, 3.63) is 70.2 Å². The summed E-state index contributed by atoms with van der Waals surface area (Å²) in [7, 11) is 0. The van der Waals surface area contributed by atoms with E-state index in [4.69, 9.17) is 23.2 Å². The van der Waals surface area contributed by atoms with Gasteiger partial charge in [-0.05, 0) is 42.0 Å². The summed E-state index contributed by atoms with van der Waals surface area (Å²) in [5, 5.41) is 4.33. The molecule has 1 heterocycles. The highest BCUT2D eigenvalue weighted by Gasteiger charge is 2.16. The van der Waals surface area contributed by atoms with E-state index in [9.17, 15) is 4.79 Å². The number of benzene rings is 2. The molecular weight excluding hydrogens is 381 g/mol. The van der Waals surface area contributed by atoms with Crippen LogP contribution in [0.25, 0.3) is 6.08 Å². The molecule has 0 radical (unpaired) electrons. The molecule has 1 aliphatic heterocycles. The lowest BCUT2D eigenvalue weighted by atomic mass is 10.2. The molecule has 3 rings (SSSR count). The van der Waals surface area contributed by atoms with Gasteiger partial charge in [-0.25, -0.2) is 0 Å². The fraction of sp³-hybridized carbons (Fsp3) is 0.286. The Morgan fingerprint density at radius 1 is 1.00 bits per heavy atom. The van der Waals surface area contributed by atoms with Crippen molar-refractivity contribution in [1.29, 1.82) is 0 Å². The molecule has 1 N–H and O–H groups in total. The Morgan fingerprint density at radius 3 is 2.41 bits per heavy atom. The number of amides is 1. The summed E-state index contributed by atoms with van der Waals surface area (Å²) in [4.78, 5) is 16.7. The van der Waals surface area contributed by atoms with Crippen molar-refractivity contribution < 1.29 is 4.79 Å². The van der Waals surface area contributed by atoms with Crippen molar-refractivity contribution in [3.8, 4) is 0 Å². The van der Waals surface area contributed by atoms with E-state index < -0.39 is 0 Å². The number of rotatable bonds is 6. The van der Waals surface area contributed by atoms with Crippen LogP contribution in [0.3, 0.4) is 0 Å². The molecule has 142 valence electrons. The van der Waals surface area contributed by atoms with Crippen LogP contribution in [0.4, 0.5) is 5.69 Å². The maximum Gasteiger partial charge on any atom is 0.244 e. The summed E-state index contributed by atoms with van der Waals surface area (Å²) in [5.74, 6) is -0.102. The number of carbonyl (C=O) groups excluding carboxylic acids is 1. The minimum Gasteiger partial charge on any atom is -0.369 e. The maximum atomic E-state index is 12.0. The quantitative estimate of drug-likeness (QED) is 0.741. The van der Waals surface area contributed by atoms with Crippen LogP contribution in [0.15, 0.2) is 54.6 Å². The van der Waals surface area contributed by atoms with E-state index in [1.807, 2.05) is 36.4 Å². The number of nitrogens with zero attached hydrogens (tertiary/aromatic N) is 2. The molecule has 1 aliphatic rings. The summed E-state index contributed by atoms with van der Waals surface area (Å²) in [6.45, 7) is 5.39. The predicted octanol–water partition coefficient (Wildman–Crippen LogP) is 3.95. The van der Waals surface area contributed by atoms with Crippen molar-refractivity contribution in [1.82, 2.24) is 10.2 Å². The van der Waals surface area contributed by atoms with E-state index in [1.54, 1.807) is 6.08 Å². The third-order valence-electron chi connectivity index (χ3n) is 4.61. The van der Waals surface area contributed by atoms with Gasteiger partial charge in [0.1, 0.15) is 0 Å². The average molecular weight is 404 g/mol. The first-order valence-corrected chi connectivity index (χ1v) is 9.81. The molecule has 27 heavy (non-hydrogen) atoms. The van der Waals surface area contributed by atoms with Gasteiger partial charge < -0.3 is 10.2 Å². The van der Waals surface area contributed by atoms with Crippen LogP contribution in [0, 0.1) is 0 Å². The molecule has 0 bridgehead atoms. The molecule has 2 aromatic carbocycles. The molecule has 2 aromatic rings. The molecule has 0 aliphatic carbocycles. The van der Waals surface area contributed by atoms with Crippen LogP contribution in [0.2, 0.25) is 10.0 Å². The van der Waals surface area contributed by atoms with Crippen molar-refractivity contribution in [2.45, 2.75) is 0 Å². The summed E-state index contributed by atoms with van der Waals surface area (Å²) in [6, 6.07) is 15.4. The number of anilines is 1. The number of halogens is 2. The van der Waals surface area contributed by atoms with Crippen molar-refractivity contribution in [2.75, 3.05) is 44.2 Å². The van der Waals surface area contributed by atoms with E-state index in [0.717, 1.165) is 43.3 Å². The molecule has 4 nitrogen and oxygen atoms in total. The number of piperazine rings is 1. The van der Waals surface area contributed by atoms with Gasteiger partial charge in [-0.1, -0.05) is 41.4 Å². The zero-order valence-corrected chi connectivity index (χ0v) is 16.6. The van der Waals surface area contributed by atoms with Crippen LogP contribution >= 0.6 is 23.2 Å². The number of carbonyl (C=O) groups is 1. The normalized spacial score (nSPS) is 15.3. The Kier molecular flexibility index (Phi) is 7.16. The second-order valence-electron chi connectivity index (χ2n) is 6.45. The molecule has 0 unspecified atom stereocenters. The molecule has 6 heteroatoms. The van der Waals surface area contributed by atoms with Gasteiger partial charge in [0.2, 0.25) is 5.91 Å². The van der Waals surface area contributed by atoms with Gasteiger partial charge in [0.05, 0.1) is 0 Å². The molecule has 0 saturated carbocycles. The first kappa shape index (κ1) is 19.7. The molecule has 1 amide bonds. The third-order valence-corrected chi connectivity index (χ3v) is 5.21. The minimum absolute atomic E-state index is 0.102. The fourth-order valence-electron chi connectivity index (χ4n) is 3.05. The van der Waals surface area contributed by atoms with Crippen molar-refractivity contribution in [3.63, 3.8) is 0 Å². The zero-order valence-electron chi connectivity index (χ0n) is 15.1. The van der Waals surface area contributed by atoms with E-state index in [2.05, 4.69) is 27.2 Å². The first-order chi connectivity index (χ1) is 13.1. The molecular formula is C21H23Cl2N3O. The number of hydrogen-bond acceptors (Lipinski definition) is 3. The van der Waals surface area contributed by atoms with Crippen LogP contribution < -0.4 is 10.2 Å². The van der Waals surface area contributed by atoms with Gasteiger partial charge in [0.15, 0.2) is 0 Å². The fourth-order valence-corrected chi connectivity index (χ4v) is 3.38. The van der Waals surface area contributed by atoms with Gasteiger partial charge >= 0.3 is 0 Å². The molecule has 0 atom stereocenters. The summed E-state index contributed by atoms with van der Waals surface area (Å²) < 4.78 is 0. The second kappa shape index (κ2) is 9.79. The maximum absolute atomic E-state index is 12.0. The highest BCUT2D eigenvalue weighted by molar-refractivity contribution is 6.32. The Labute approximate surface area is 170 Å². The molecule has 0 spiro atoms. The minimum atomic E-state index is -0.102. The van der Waals surface area contributed by atoms with Gasteiger partial charge in [0, 0.05) is 61.1 Å². The van der Waals surface area contributed by atoms with Gasteiger partial charge in [0.25, 0.3) is 0 Å². The van der Waals surface area contributed by atoms with Gasteiger partial charge in [-0.2, -0.15) is 0 Å². The zero-order chi connectivity index (χ0) is 19.1. The Morgan fingerprint density at radius 2 is 1.70 bits per heavy atom. The highest BCUT2D eigenvalue weighted by Crippen LogP contribution is 2.19. The largest absolute Gasteiger partial charge is 0.369 e. The van der Waals surface area contributed by atoms with Crippen molar-refractivity contribution in [2.24, 2.45) is 0 Å². The van der Waals surface area contributed by atoms with Gasteiger partial charge in [-0.15, -0.1) is 0 Å². The van der Waals surface area contributed by atoms with E-state index >= 15 is 0 Å². The van der Waals surface area contributed by atoms with E-state index in [-0.39, 0.29) is 5.91 Å².